The van der Waals surface area contributed by atoms with Crippen LogP contribution in [-0.2, 0) is 9.59 Å². The summed E-state index contributed by atoms with van der Waals surface area (Å²) < 4.78 is 0. The van der Waals surface area contributed by atoms with Crippen LogP contribution in [0.1, 0.15) is 32.4 Å². The van der Waals surface area contributed by atoms with Gasteiger partial charge >= 0.3 is 0 Å². The van der Waals surface area contributed by atoms with E-state index in [-0.39, 0.29) is 17.6 Å². The number of rotatable bonds is 5. The molecule has 0 saturated heterocycles. The van der Waals surface area contributed by atoms with Gasteiger partial charge in [-0.15, -0.1) is 11.3 Å². The Hall–Kier alpha value is -1.08. The average molecular weight is 287 g/mol. The van der Waals surface area contributed by atoms with E-state index in [9.17, 15) is 9.59 Å². The highest BCUT2D eigenvalue weighted by Gasteiger charge is 2.19. The highest BCUT2D eigenvalue weighted by Crippen LogP contribution is 2.21. The number of amides is 2. The molecule has 1 unspecified atom stereocenters. The molecule has 2 N–H and O–H groups in total. The van der Waals surface area contributed by atoms with Crippen molar-refractivity contribution in [1.82, 2.24) is 10.3 Å². The first-order valence-electron chi connectivity index (χ1n) is 5.58. The zero-order chi connectivity index (χ0) is 13.7. The van der Waals surface area contributed by atoms with E-state index in [0.717, 1.165) is 5.69 Å². The van der Waals surface area contributed by atoms with Crippen LogP contribution in [-0.4, -0.2) is 28.6 Å². The van der Waals surface area contributed by atoms with Gasteiger partial charge in [-0.25, -0.2) is 4.98 Å². The summed E-state index contributed by atoms with van der Waals surface area (Å²) in [4.78, 5) is 27.1. The number of carbonyl (C=O) groups is 2. The Morgan fingerprint density at radius 3 is 2.61 bits per heavy atom. The van der Waals surface area contributed by atoms with E-state index in [1.807, 2.05) is 19.2 Å². The molecule has 0 radical (unpaired) electrons. The van der Waals surface area contributed by atoms with Gasteiger partial charge in [0.15, 0.2) is 5.13 Å². The lowest BCUT2D eigenvalue weighted by Crippen LogP contribution is -2.44. The third kappa shape index (κ3) is 4.30. The predicted octanol–water partition coefficient (Wildman–Crippen LogP) is 1.64. The molecule has 1 heterocycles. The van der Waals surface area contributed by atoms with Crippen LogP contribution in [0.25, 0.3) is 0 Å². The first-order chi connectivity index (χ1) is 8.43. The molecule has 0 fully saturated rings. The van der Waals surface area contributed by atoms with Crippen LogP contribution in [0, 0.1) is 0 Å². The minimum Gasteiger partial charge on any atom is -0.344 e. The number of thiazole rings is 1. The number of nitrogens with zero attached hydrogens (tertiary/aromatic N) is 1. The van der Waals surface area contributed by atoms with Crippen LogP contribution in [0.15, 0.2) is 5.38 Å². The van der Waals surface area contributed by atoms with Crippen molar-refractivity contribution in [3.63, 3.8) is 0 Å². The maximum atomic E-state index is 11.9. The van der Waals surface area contributed by atoms with Crippen molar-refractivity contribution < 1.29 is 9.59 Å². The van der Waals surface area contributed by atoms with Crippen molar-refractivity contribution in [1.29, 1.82) is 0 Å². The molecule has 7 heteroatoms. The van der Waals surface area contributed by atoms with Gasteiger partial charge in [0.2, 0.25) is 11.8 Å². The monoisotopic (exact) mass is 287 g/mol. The molecule has 0 aliphatic heterocycles. The fourth-order valence-corrected chi connectivity index (χ4v) is 2.37. The van der Waals surface area contributed by atoms with Gasteiger partial charge in [-0.1, -0.05) is 13.8 Å². The molecular weight excluding hydrogens is 270 g/mol. The van der Waals surface area contributed by atoms with E-state index in [4.69, 9.17) is 0 Å². The summed E-state index contributed by atoms with van der Waals surface area (Å²) in [5.74, 6) is 0.00683. The van der Waals surface area contributed by atoms with Crippen molar-refractivity contribution >= 4 is 40.9 Å². The van der Waals surface area contributed by atoms with Crippen LogP contribution in [0.5, 0.6) is 0 Å². The summed E-state index contributed by atoms with van der Waals surface area (Å²) in [6.07, 6.45) is 0. The van der Waals surface area contributed by atoms with Gasteiger partial charge in [-0.2, -0.15) is 12.6 Å². The van der Waals surface area contributed by atoms with Crippen molar-refractivity contribution in [2.45, 2.75) is 32.7 Å². The van der Waals surface area contributed by atoms with Gasteiger partial charge in [-0.3, -0.25) is 9.59 Å². The van der Waals surface area contributed by atoms with Crippen molar-refractivity contribution in [3.8, 4) is 0 Å². The molecule has 100 valence electrons. The minimum atomic E-state index is -0.641. The quantitative estimate of drug-likeness (QED) is 0.721. The van der Waals surface area contributed by atoms with Gasteiger partial charge in [0.05, 0.1) is 5.69 Å². The molecule has 5 nitrogen and oxygen atoms in total. The Balaban J connectivity index is 2.64. The maximum absolute atomic E-state index is 11.9. The summed E-state index contributed by atoms with van der Waals surface area (Å²) in [7, 11) is 0. The van der Waals surface area contributed by atoms with E-state index in [0.29, 0.717) is 11.0 Å². The summed E-state index contributed by atoms with van der Waals surface area (Å²) >= 11 is 5.41. The first-order valence-corrected chi connectivity index (χ1v) is 7.09. The van der Waals surface area contributed by atoms with Gasteiger partial charge in [0.25, 0.3) is 0 Å². The second-order valence-corrected chi connectivity index (χ2v) is 5.38. The molecule has 1 aromatic rings. The Labute approximate surface area is 116 Å². The van der Waals surface area contributed by atoms with Crippen LogP contribution in [0.3, 0.4) is 0 Å². The van der Waals surface area contributed by atoms with Crippen molar-refractivity contribution in [2.24, 2.45) is 0 Å². The summed E-state index contributed by atoms with van der Waals surface area (Å²) in [5, 5.41) is 7.66. The molecule has 18 heavy (non-hydrogen) atoms. The van der Waals surface area contributed by atoms with Gasteiger partial charge in [-0.05, 0) is 5.92 Å². The average Bonchev–Trinajstić information content (AvgIpc) is 2.74. The van der Waals surface area contributed by atoms with Crippen molar-refractivity contribution in [3.05, 3.63) is 11.1 Å². The largest absolute Gasteiger partial charge is 0.344 e. The normalized spacial score (nSPS) is 12.3. The number of aromatic nitrogens is 1. The number of anilines is 1. The maximum Gasteiger partial charge on any atom is 0.249 e. The summed E-state index contributed by atoms with van der Waals surface area (Å²) in [6, 6.07) is -0.641. The smallest absolute Gasteiger partial charge is 0.249 e. The number of carbonyl (C=O) groups excluding carboxylic acids is 2. The Morgan fingerprint density at radius 2 is 2.17 bits per heavy atom. The molecule has 0 spiro atoms. The van der Waals surface area contributed by atoms with E-state index in [1.165, 1.54) is 18.3 Å². The fraction of sp³-hybridized carbons (Fsp3) is 0.545. The SMILES string of the molecule is CC(=O)NC(CS)C(=O)Nc1nc(C(C)C)cs1. The van der Waals surface area contributed by atoms with Crippen molar-refractivity contribution in [2.75, 3.05) is 11.1 Å². The molecule has 1 rings (SSSR count). The molecule has 1 aromatic heterocycles. The lowest BCUT2D eigenvalue weighted by molar-refractivity contribution is -0.124. The zero-order valence-electron chi connectivity index (χ0n) is 10.6. The van der Waals surface area contributed by atoms with Gasteiger partial charge in [0.1, 0.15) is 6.04 Å². The number of hydrogen-bond donors (Lipinski definition) is 3. The van der Waals surface area contributed by atoms with E-state index in [1.54, 1.807) is 0 Å². The number of hydrogen-bond acceptors (Lipinski definition) is 5. The molecule has 0 aliphatic rings. The minimum absolute atomic E-state index is 0.244. The molecule has 0 bridgehead atoms. The Bertz CT molecular complexity index is 432. The third-order valence-corrected chi connectivity index (χ3v) is 3.36. The fourth-order valence-electron chi connectivity index (χ4n) is 1.24. The highest BCUT2D eigenvalue weighted by molar-refractivity contribution is 7.80. The highest BCUT2D eigenvalue weighted by atomic mass is 32.1. The number of nitrogens with one attached hydrogen (secondary N) is 2. The first kappa shape index (κ1) is 15.0. The molecular formula is C11H17N3O2S2. The summed E-state index contributed by atoms with van der Waals surface area (Å²) in [5.41, 5.74) is 0.942. The molecule has 0 aliphatic carbocycles. The lowest BCUT2D eigenvalue weighted by atomic mass is 10.2. The van der Waals surface area contributed by atoms with Gasteiger partial charge in [0, 0.05) is 18.1 Å². The lowest BCUT2D eigenvalue weighted by Gasteiger charge is -2.13. The topological polar surface area (TPSA) is 71.1 Å². The van der Waals surface area contributed by atoms with Crippen LogP contribution in [0.2, 0.25) is 0 Å². The molecule has 0 aromatic carbocycles. The van der Waals surface area contributed by atoms with Crippen LogP contribution >= 0.6 is 24.0 Å². The van der Waals surface area contributed by atoms with Crippen LogP contribution in [0.4, 0.5) is 5.13 Å². The van der Waals surface area contributed by atoms with Gasteiger partial charge < -0.3 is 10.6 Å². The third-order valence-electron chi connectivity index (χ3n) is 2.22. The Morgan fingerprint density at radius 1 is 1.50 bits per heavy atom. The molecule has 0 saturated carbocycles. The van der Waals surface area contributed by atoms with E-state index in [2.05, 4.69) is 28.2 Å². The van der Waals surface area contributed by atoms with E-state index < -0.39 is 6.04 Å². The predicted molar refractivity (Wildman–Crippen MR) is 76.3 cm³/mol. The zero-order valence-corrected chi connectivity index (χ0v) is 12.3. The second kappa shape index (κ2) is 6.75. The molecule has 2 amide bonds. The summed E-state index contributed by atoms with van der Waals surface area (Å²) in [6.45, 7) is 5.44. The molecule has 1 atom stereocenters. The van der Waals surface area contributed by atoms with Crippen LogP contribution < -0.4 is 10.6 Å². The van der Waals surface area contributed by atoms with E-state index >= 15 is 0 Å². The Kier molecular flexibility index (Phi) is 5.61. The second-order valence-electron chi connectivity index (χ2n) is 4.16. The standard InChI is InChI=1S/C11H17N3O2S2/c1-6(2)9-5-18-11(13-9)14-10(16)8(4-17)12-7(3)15/h5-6,8,17H,4H2,1-3H3,(H,12,15)(H,13,14,16). The number of thiol groups is 1.